The van der Waals surface area contributed by atoms with Crippen LogP contribution in [0.5, 0.6) is 0 Å². The molecule has 0 unspecified atom stereocenters. The average molecular weight is 930 g/mol. The van der Waals surface area contributed by atoms with Crippen LogP contribution in [0, 0.1) is 0 Å². The summed E-state index contributed by atoms with van der Waals surface area (Å²) in [6.07, 6.45) is 0. The van der Waals surface area contributed by atoms with E-state index >= 15 is 0 Å². The molecule has 13 rings (SSSR count). The van der Waals surface area contributed by atoms with Gasteiger partial charge < -0.3 is 4.90 Å². The smallest absolute Gasteiger partial charge is 0.0726 e. The maximum atomic E-state index is 2.62. The first-order valence-electron chi connectivity index (χ1n) is 25.1. The van der Waals surface area contributed by atoms with Gasteiger partial charge in [0, 0.05) is 26.6 Å². The number of thiophene rings is 1. The van der Waals surface area contributed by atoms with Gasteiger partial charge in [0.05, 0.1) is 27.2 Å². The second kappa shape index (κ2) is 16.1. The monoisotopic (exact) mass is 929 g/mol. The number of hydrogen-bond acceptors (Lipinski definition) is 2. The highest BCUT2D eigenvalue weighted by Gasteiger charge is 2.53. The molecular weight excluding hydrogens is 875 g/mol. The number of para-hydroxylation sites is 1. The van der Waals surface area contributed by atoms with E-state index in [1.54, 1.807) is 0 Å². The molecule has 0 saturated carbocycles. The molecule has 0 radical (unpaired) electrons. The standard InChI is InChI=1S/C69H55NS/c1-67(2,3)45-38-40-51-52-41-39-46(68(4,5)6)43-60(52)69(59(51)42-45)57-32-17-14-30-56(57)65-58(69)33-21-35-62(65)70(63-36-20-31-55-54-29-16-19-37-64(54)71-66(55)63)61-34-18-15-28-53(61)50-27-13-12-26-49(50)48-25-11-10-24-47(48)44-22-8-7-9-23-44/h7-43H,1-6H3. The number of anilines is 3. The second-order valence-electron chi connectivity index (χ2n) is 21.6. The molecule has 1 spiro atoms. The van der Waals surface area contributed by atoms with Gasteiger partial charge in [-0.05, 0) is 113 Å². The third-order valence-electron chi connectivity index (χ3n) is 15.4. The van der Waals surface area contributed by atoms with E-state index in [9.17, 15) is 0 Å². The van der Waals surface area contributed by atoms with Crippen LogP contribution in [0.2, 0.25) is 0 Å². The van der Waals surface area contributed by atoms with Gasteiger partial charge in [-0.25, -0.2) is 0 Å². The van der Waals surface area contributed by atoms with Gasteiger partial charge in [0.25, 0.3) is 0 Å². The fourth-order valence-electron chi connectivity index (χ4n) is 12.1. The molecule has 342 valence electrons. The quantitative estimate of drug-likeness (QED) is 0.161. The van der Waals surface area contributed by atoms with E-state index in [1.807, 2.05) is 11.3 Å². The van der Waals surface area contributed by atoms with Gasteiger partial charge in [-0.1, -0.05) is 242 Å². The summed E-state index contributed by atoms with van der Waals surface area (Å²) in [6, 6.07) is 84.8. The largest absolute Gasteiger partial charge is 0.308 e. The lowest BCUT2D eigenvalue weighted by Crippen LogP contribution is -2.27. The Balaban J connectivity index is 1.13. The Hall–Kier alpha value is -7.78. The van der Waals surface area contributed by atoms with Crippen molar-refractivity contribution in [3.05, 3.63) is 258 Å². The first-order chi connectivity index (χ1) is 34.5. The number of hydrogen-bond donors (Lipinski definition) is 0. The lowest BCUT2D eigenvalue weighted by atomic mass is 9.69. The SMILES string of the molecule is CC(C)(C)c1ccc2c(c1)C1(c3cc(C(C)(C)C)ccc3-2)c2ccccc2-c2c(N(c3ccccc3-c3ccccc3-c3ccccc3-c3ccccc3)c3cccc4c3sc3ccccc34)cccc21. The molecule has 1 nitrogen and oxygen atoms in total. The Labute approximate surface area is 422 Å². The van der Waals surface area contributed by atoms with Gasteiger partial charge in [-0.2, -0.15) is 0 Å². The van der Waals surface area contributed by atoms with E-state index in [0.717, 1.165) is 5.69 Å². The summed E-state index contributed by atoms with van der Waals surface area (Å²) in [5.74, 6) is 0. The van der Waals surface area contributed by atoms with Crippen LogP contribution in [0.25, 0.3) is 75.8 Å². The van der Waals surface area contributed by atoms with Crippen molar-refractivity contribution in [3.63, 3.8) is 0 Å². The van der Waals surface area contributed by atoms with E-state index in [1.165, 1.54) is 121 Å². The Morgan fingerprint density at radius 1 is 0.338 bits per heavy atom. The first kappa shape index (κ1) is 43.3. The highest BCUT2D eigenvalue weighted by atomic mass is 32.1. The normalized spacial score (nSPS) is 13.3. The zero-order chi connectivity index (χ0) is 48.2. The van der Waals surface area contributed by atoms with E-state index in [-0.39, 0.29) is 10.8 Å². The number of rotatable bonds is 6. The summed E-state index contributed by atoms with van der Waals surface area (Å²) in [4.78, 5) is 2.62. The van der Waals surface area contributed by atoms with E-state index in [0.29, 0.717) is 0 Å². The van der Waals surface area contributed by atoms with Gasteiger partial charge in [-0.3, -0.25) is 0 Å². The molecule has 1 aromatic heterocycles. The van der Waals surface area contributed by atoms with Crippen molar-refractivity contribution in [3.8, 4) is 55.6 Å². The third kappa shape index (κ3) is 6.58. The van der Waals surface area contributed by atoms with E-state index in [4.69, 9.17) is 0 Å². The van der Waals surface area contributed by atoms with Crippen LogP contribution in [0.15, 0.2) is 224 Å². The molecule has 0 atom stereocenters. The third-order valence-corrected chi connectivity index (χ3v) is 16.7. The molecule has 71 heavy (non-hydrogen) atoms. The fourth-order valence-corrected chi connectivity index (χ4v) is 13.3. The Morgan fingerprint density at radius 3 is 1.49 bits per heavy atom. The highest BCUT2D eigenvalue weighted by molar-refractivity contribution is 7.26. The number of benzene rings is 10. The highest BCUT2D eigenvalue weighted by Crippen LogP contribution is 2.66. The van der Waals surface area contributed by atoms with Crippen LogP contribution in [0.4, 0.5) is 17.1 Å². The molecule has 0 aliphatic heterocycles. The predicted molar refractivity (Wildman–Crippen MR) is 304 cm³/mol. The van der Waals surface area contributed by atoms with Gasteiger partial charge in [0.15, 0.2) is 0 Å². The molecule has 11 aromatic rings. The minimum atomic E-state index is -0.544. The summed E-state index contributed by atoms with van der Waals surface area (Å²) >= 11 is 1.89. The predicted octanol–water partition coefficient (Wildman–Crippen LogP) is 19.5. The molecule has 0 amide bonds. The minimum absolute atomic E-state index is 0.0360. The van der Waals surface area contributed by atoms with Crippen molar-refractivity contribution < 1.29 is 0 Å². The van der Waals surface area contributed by atoms with Gasteiger partial charge in [0.1, 0.15) is 0 Å². The second-order valence-corrected chi connectivity index (χ2v) is 22.6. The summed E-state index contributed by atoms with van der Waals surface area (Å²) in [7, 11) is 0. The van der Waals surface area contributed by atoms with E-state index in [2.05, 4.69) is 271 Å². The van der Waals surface area contributed by atoms with Crippen molar-refractivity contribution >= 4 is 48.6 Å². The maximum absolute atomic E-state index is 2.62. The Bertz CT molecular complexity index is 3850. The lowest BCUT2D eigenvalue weighted by Gasteiger charge is -2.34. The van der Waals surface area contributed by atoms with Crippen molar-refractivity contribution in [1.29, 1.82) is 0 Å². The molecule has 0 saturated heterocycles. The Morgan fingerprint density at radius 2 is 0.817 bits per heavy atom. The molecule has 2 heteroatoms. The zero-order valence-corrected chi connectivity index (χ0v) is 42.0. The summed E-state index contributed by atoms with van der Waals surface area (Å²) in [6.45, 7) is 14.1. The molecule has 0 fully saturated rings. The molecule has 10 aromatic carbocycles. The molecule has 0 N–H and O–H groups in total. The van der Waals surface area contributed by atoms with Crippen molar-refractivity contribution in [2.24, 2.45) is 0 Å². The molecule has 0 bridgehead atoms. The van der Waals surface area contributed by atoms with Crippen LogP contribution in [0.3, 0.4) is 0 Å². The zero-order valence-electron chi connectivity index (χ0n) is 41.2. The summed E-state index contributed by atoms with van der Waals surface area (Å²) in [5.41, 5.74) is 23.4. The maximum Gasteiger partial charge on any atom is 0.0726 e. The number of fused-ring (bicyclic) bond motifs is 13. The van der Waals surface area contributed by atoms with Crippen LogP contribution in [-0.4, -0.2) is 0 Å². The first-order valence-corrected chi connectivity index (χ1v) is 25.9. The molecule has 2 aliphatic carbocycles. The van der Waals surface area contributed by atoms with Crippen molar-refractivity contribution in [2.75, 3.05) is 4.90 Å². The fraction of sp³-hybridized carbons (Fsp3) is 0.130. The number of nitrogens with zero attached hydrogens (tertiary/aromatic N) is 1. The Kier molecular flexibility index (Phi) is 9.83. The molecule has 1 heterocycles. The van der Waals surface area contributed by atoms with Gasteiger partial charge in [-0.15, -0.1) is 11.3 Å². The van der Waals surface area contributed by atoms with Gasteiger partial charge in [0.2, 0.25) is 0 Å². The van der Waals surface area contributed by atoms with Crippen molar-refractivity contribution in [1.82, 2.24) is 0 Å². The summed E-state index contributed by atoms with van der Waals surface area (Å²) < 4.78 is 2.56. The minimum Gasteiger partial charge on any atom is -0.308 e. The molecular formula is C69H55NS. The topological polar surface area (TPSA) is 3.24 Å². The van der Waals surface area contributed by atoms with Crippen LogP contribution >= 0.6 is 11.3 Å². The van der Waals surface area contributed by atoms with Crippen LogP contribution < -0.4 is 4.90 Å². The molecule has 2 aliphatic rings. The van der Waals surface area contributed by atoms with Crippen molar-refractivity contribution in [2.45, 2.75) is 57.8 Å². The van der Waals surface area contributed by atoms with Gasteiger partial charge >= 0.3 is 0 Å². The summed E-state index contributed by atoms with van der Waals surface area (Å²) in [5, 5.41) is 2.56. The van der Waals surface area contributed by atoms with E-state index < -0.39 is 5.41 Å². The van der Waals surface area contributed by atoms with Crippen LogP contribution in [-0.2, 0) is 16.2 Å². The average Bonchev–Trinajstić information content (AvgIpc) is 4.03. The van der Waals surface area contributed by atoms with Crippen LogP contribution in [0.1, 0.15) is 74.9 Å². The lowest BCUT2D eigenvalue weighted by molar-refractivity contribution is 0.586.